The molecule has 1 aromatic rings. The molecule has 0 radical (unpaired) electrons. The molecule has 0 aliphatic heterocycles. The molecule has 1 unspecified atom stereocenters. The molecule has 0 bridgehead atoms. The first kappa shape index (κ1) is 14.5. The Labute approximate surface area is 103 Å². The number of aliphatic carboxylic acids is 1. The molecule has 0 saturated carbocycles. The number of carboxylic acid groups (broad SMARTS) is 1. The van der Waals surface area contributed by atoms with Crippen molar-refractivity contribution in [2.75, 3.05) is 0 Å². The number of rotatable bonds is 4. The Morgan fingerprint density at radius 1 is 1.33 bits per heavy atom. The summed E-state index contributed by atoms with van der Waals surface area (Å²) in [6.07, 6.45) is -4.48. The van der Waals surface area contributed by atoms with Crippen molar-refractivity contribution in [1.82, 2.24) is 5.32 Å². The van der Waals surface area contributed by atoms with E-state index < -0.39 is 23.8 Å². The number of benzene rings is 1. The second-order valence-electron chi connectivity index (χ2n) is 4.22. The lowest BCUT2D eigenvalue weighted by Gasteiger charge is -2.18. The van der Waals surface area contributed by atoms with E-state index in [0.29, 0.717) is 0 Å². The summed E-state index contributed by atoms with van der Waals surface area (Å²) in [5.74, 6) is -1.21. The summed E-state index contributed by atoms with van der Waals surface area (Å²) >= 11 is 0. The van der Waals surface area contributed by atoms with Crippen LogP contribution >= 0.6 is 0 Å². The minimum atomic E-state index is -4.48. The maximum atomic E-state index is 12.5. The molecule has 0 amide bonds. The number of hydrogen-bond acceptors (Lipinski definition) is 2. The van der Waals surface area contributed by atoms with E-state index >= 15 is 0 Å². The maximum absolute atomic E-state index is 12.5. The van der Waals surface area contributed by atoms with Crippen LogP contribution in [0.25, 0.3) is 0 Å². The highest BCUT2D eigenvalue weighted by Gasteiger charge is 2.31. The van der Waals surface area contributed by atoms with Gasteiger partial charge in [0, 0.05) is 6.04 Å². The number of halogens is 3. The van der Waals surface area contributed by atoms with Gasteiger partial charge in [-0.15, -0.1) is 0 Å². The van der Waals surface area contributed by atoms with Gasteiger partial charge in [0.05, 0.1) is 5.56 Å². The normalized spacial score (nSPS) is 13.7. The molecule has 3 nitrogen and oxygen atoms in total. The predicted octanol–water partition coefficient (Wildman–Crippen LogP) is 2.83. The number of carboxylic acids is 1. The SMILES string of the molecule is CC(C)NC(C(=O)O)c1cccc(C(F)(F)F)c1. The smallest absolute Gasteiger partial charge is 0.416 e. The molecule has 0 aliphatic rings. The van der Waals surface area contributed by atoms with Crippen LogP contribution in [-0.2, 0) is 11.0 Å². The predicted molar refractivity (Wildman–Crippen MR) is 60.1 cm³/mol. The van der Waals surface area contributed by atoms with E-state index in [1.165, 1.54) is 12.1 Å². The Bertz CT molecular complexity index is 430. The summed E-state index contributed by atoms with van der Waals surface area (Å²) in [6.45, 7) is 3.45. The lowest BCUT2D eigenvalue weighted by molar-refractivity contribution is -0.141. The van der Waals surface area contributed by atoms with Crippen LogP contribution in [0.2, 0.25) is 0 Å². The Hall–Kier alpha value is -1.56. The molecule has 0 fully saturated rings. The second-order valence-corrected chi connectivity index (χ2v) is 4.22. The van der Waals surface area contributed by atoms with Gasteiger partial charge < -0.3 is 5.11 Å². The third kappa shape index (κ3) is 3.73. The van der Waals surface area contributed by atoms with E-state index in [4.69, 9.17) is 5.11 Å². The molecule has 0 spiro atoms. The Balaban J connectivity index is 3.10. The van der Waals surface area contributed by atoms with Crippen molar-refractivity contribution >= 4 is 5.97 Å². The zero-order valence-electron chi connectivity index (χ0n) is 9.95. The monoisotopic (exact) mass is 261 g/mol. The summed E-state index contributed by atoms with van der Waals surface area (Å²) in [5, 5.41) is 11.7. The summed E-state index contributed by atoms with van der Waals surface area (Å²) < 4.78 is 37.6. The fourth-order valence-electron chi connectivity index (χ4n) is 1.54. The molecule has 1 atom stereocenters. The molecule has 0 aliphatic carbocycles. The number of alkyl halides is 3. The molecule has 6 heteroatoms. The van der Waals surface area contributed by atoms with Crippen LogP contribution in [0.15, 0.2) is 24.3 Å². The quantitative estimate of drug-likeness (QED) is 0.876. The fourth-order valence-corrected chi connectivity index (χ4v) is 1.54. The van der Waals surface area contributed by atoms with E-state index in [0.717, 1.165) is 12.1 Å². The standard InChI is InChI=1S/C12H14F3NO2/c1-7(2)16-10(11(17)18)8-4-3-5-9(6-8)12(13,14)15/h3-7,10,16H,1-2H3,(H,17,18). The second kappa shape index (κ2) is 5.39. The van der Waals surface area contributed by atoms with E-state index in [2.05, 4.69) is 5.32 Å². The molecule has 0 aromatic heterocycles. The van der Waals surface area contributed by atoms with Crippen LogP contribution in [0.3, 0.4) is 0 Å². The number of nitrogens with one attached hydrogen (secondary N) is 1. The molecule has 1 aromatic carbocycles. The molecule has 2 N–H and O–H groups in total. The molecule has 0 saturated heterocycles. The van der Waals surface area contributed by atoms with Gasteiger partial charge in [-0.3, -0.25) is 10.1 Å². The van der Waals surface area contributed by atoms with Crippen LogP contribution in [0.1, 0.15) is 31.0 Å². The van der Waals surface area contributed by atoms with Gasteiger partial charge >= 0.3 is 12.1 Å². The van der Waals surface area contributed by atoms with Crippen LogP contribution in [-0.4, -0.2) is 17.1 Å². The maximum Gasteiger partial charge on any atom is 0.416 e. The topological polar surface area (TPSA) is 49.3 Å². The van der Waals surface area contributed by atoms with Crippen LogP contribution < -0.4 is 5.32 Å². The van der Waals surface area contributed by atoms with Gasteiger partial charge in [0.15, 0.2) is 0 Å². The van der Waals surface area contributed by atoms with Gasteiger partial charge in [0.2, 0.25) is 0 Å². The summed E-state index contributed by atoms with van der Waals surface area (Å²) in [6, 6.07) is 3.04. The Morgan fingerprint density at radius 2 is 1.94 bits per heavy atom. The Morgan fingerprint density at radius 3 is 2.39 bits per heavy atom. The van der Waals surface area contributed by atoms with Gasteiger partial charge in [0.25, 0.3) is 0 Å². The van der Waals surface area contributed by atoms with Gasteiger partial charge in [-0.2, -0.15) is 13.2 Å². The summed E-state index contributed by atoms with van der Waals surface area (Å²) in [5.41, 5.74) is -0.761. The highest BCUT2D eigenvalue weighted by atomic mass is 19.4. The van der Waals surface area contributed by atoms with Crippen LogP contribution in [0.5, 0.6) is 0 Å². The third-order valence-corrected chi connectivity index (χ3v) is 2.29. The van der Waals surface area contributed by atoms with Crippen molar-refractivity contribution in [1.29, 1.82) is 0 Å². The largest absolute Gasteiger partial charge is 0.480 e. The van der Waals surface area contributed by atoms with Gasteiger partial charge in [-0.05, 0) is 31.5 Å². The molecule has 100 valence electrons. The molecule has 1 rings (SSSR count). The first-order chi connectivity index (χ1) is 8.21. The number of carbonyl (C=O) groups is 1. The average Bonchev–Trinajstić information content (AvgIpc) is 2.24. The zero-order valence-corrected chi connectivity index (χ0v) is 9.95. The minimum absolute atomic E-state index is 0.0889. The number of hydrogen-bond donors (Lipinski definition) is 2. The van der Waals surface area contributed by atoms with E-state index in [1.54, 1.807) is 13.8 Å². The fraction of sp³-hybridized carbons (Fsp3) is 0.417. The van der Waals surface area contributed by atoms with Crippen LogP contribution in [0.4, 0.5) is 13.2 Å². The van der Waals surface area contributed by atoms with Crippen molar-refractivity contribution < 1.29 is 23.1 Å². The van der Waals surface area contributed by atoms with Crippen molar-refractivity contribution in [3.63, 3.8) is 0 Å². The van der Waals surface area contributed by atoms with Crippen molar-refractivity contribution in [2.45, 2.75) is 32.1 Å². The first-order valence-electron chi connectivity index (χ1n) is 5.38. The highest BCUT2D eigenvalue weighted by Crippen LogP contribution is 2.30. The van der Waals surface area contributed by atoms with Gasteiger partial charge in [-0.25, -0.2) is 0 Å². The van der Waals surface area contributed by atoms with E-state index in [9.17, 15) is 18.0 Å². The molecular formula is C12H14F3NO2. The summed E-state index contributed by atoms with van der Waals surface area (Å²) in [4.78, 5) is 11.1. The van der Waals surface area contributed by atoms with E-state index in [1.807, 2.05) is 0 Å². The highest BCUT2D eigenvalue weighted by molar-refractivity contribution is 5.75. The zero-order chi connectivity index (χ0) is 13.9. The van der Waals surface area contributed by atoms with Gasteiger partial charge in [-0.1, -0.05) is 12.1 Å². The van der Waals surface area contributed by atoms with Crippen molar-refractivity contribution in [3.8, 4) is 0 Å². The molecule has 0 heterocycles. The van der Waals surface area contributed by atoms with Crippen LogP contribution in [0, 0.1) is 0 Å². The van der Waals surface area contributed by atoms with Crippen molar-refractivity contribution in [2.24, 2.45) is 0 Å². The first-order valence-corrected chi connectivity index (χ1v) is 5.38. The third-order valence-electron chi connectivity index (χ3n) is 2.29. The lowest BCUT2D eigenvalue weighted by Crippen LogP contribution is -2.33. The molecule has 18 heavy (non-hydrogen) atoms. The Kier molecular flexibility index (Phi) is 4.34. The molecular weight excluding hydrogens is 247 g/mol. The minimum Gasteiger partial charge on any atom is -0.480 e. The van der Waals surface area contributed by atoms with Crippen molar-refractivity contribution in [3.05, 3.63) is 35.4 Å². The van der Waals surface area contributed by atoms with Gasteiger partial charge in [0.1, 0.15) is 6.04 Å². The van der Waals surface area contributed by atoms with E-state index in [-0.39, 0.29) is 11.6 Å². The lowest BCUT2D eigenvalue weighted by atomic mass is 10.0. The average molecular weight is 261 g/mol. The summed E-state index contributed by atoms with van der Waals surface area (Å²) in [7, 11) is 0.